The van der Waals surface area contributed by atoms with Gasteiger partial charge in [-0.25, -0.2) is 4.79 Å². The minimum Gasteiger partial charge on any atom is -0.466 e. The van der Waals surface area contributed by atoms with Crippen LogP contribution in [-0.2, 0) is 20.5 Å². The van der Waals surface area contributed by atoms with Crippen LogP contribution >= 0.6 is 0 Å². The molecule has 0 bridgehead atoms. The van der Waals surface area contributed by atoms with E-state index in [1.165, 1.54) is 23.1 Å². The molecule has 0 amide bonds. The fraction of sp³-hybridized carbons (Fsp3) is 0.333. The number of Topliss-reactive ketones (excluding diaryl/α,β-unsaturated/α-hetero) is 1. The molecular weight excluding hydrogens is 489 g/mol. The number of ketones is 1. The molecule has 0 spiro atoms. The molecule has 0 unspecified atom stereocenters. The molecule has 2 aromatic carbocycles. The van der Waals surface area contributed by atoms with Gasteiger partial charge in [0.1, 0.15) is 5.82 Å². The minimum atomic E-state index is -4.70. The highest BCUT2D eigenvalue weighted by Crippen LogP contribution is 2.52. The normalized spacial score (nSPS) is 20.8. The van der Waals surface area contributed by atoms with Gasteiger partial charge in [-0.05, 0) is 41.7 Å². The SMILES string of the molecule is COC(=O)C1=C(N)N(c2ccccc2C(F)(F)F)C2=C(C(=O)CC(C)(C)C2)[C@@H]1c1ccc2c(c1)OCO2. The minimum absolute atomic E-state index is 0.0222. The Hall–Kier alpha value is -3.95. The van der Waals surface area contributed by atoms with Crippen molar-refractivity contribution < 1.29 is 37.0 Å². The number of hydrogen-bond donors (Lipinski definition) is 1. The van der Waals surface area contributed by atoms with E-state index in [-0.39, 0.29) is 48.1 Å². The first-order valence-corrected chi connectivity index (χ1v) is 11.6. The molecule has 0 saturated heterocycles. The smallest absolute Gasteiger partial charge is 0.418 e. The van der Waals surface area contributed by atoms with Crippen molar-refractivity contribution in [1.82, 2.24) is 0 Å². The number of ether oxygens (including phenoxy) is 3. The lowest BCUT2D eigenvalue weighted by atomic mass is 9.68. The summed E-state index contributed by atoms with van der Waals surface area (Å²) in [4.78, 5) is 28.1. The molecule has 5 rings (SSSR count). The highest BCUT2D eigenvalue weighted by molar-refractivity contribution is 6.05. The summed E-state index contributed by atoms with van der Waals surface area (Å²) in [6, 6.07) is 9.95. The zero-order valence-corrected chi connectivity index (χ0v) is 20.4. The van der Waals surface area contributed by atoms with Crippen LogP contribution in [0.4, 0.5) is 18.9 Å². The molecule has 1 aliphatic carbocycles. The maximum absolute atomic E-state index is 14.1. The number of carbonyl (C=O) groups is 2. The van der Waals surface area contributed by atoms with E-state index in [0.717, 1.165) is 13.2 Å². The zero-order chi connectivity index (χ0) is 26.7. The van der Waals surface area contributed by atoms with E-state index in [4.69, 9.17) is 19.9 Å². The van der Waals surface area contributed by atoms with Crippen LogP contribution in [0.2, 0.25) is 0 Å². The second-order valence-corrected chi connectivity index (χ2v) is 9.99. The number of rotatable bonds is 3. The molecule has 194 valence electrons. The number of nitrogens with zero attached hydrogens (tertiary/aromatic N) is 1. The monoisotopic (exact) mass is 514 g/mol. The summed E-state index contributed by atoms with van der Waals surface area (Å²) in [6.45, 7) is 3.76. The van der Waals surface area contributed by atoms with Gasteiger partial charge in [0.2, 0.25) is 6.79 Å². The summed E-state index contributed by atoms with van der Waals surface area (Å²) in [5.41, 5.74) is 5.73. The van der Waals surface area contributed by atoms with Crippen molar-refractivity contribution in [2.45, 2.75) is 38.8 Å². The quantitative estimate of drug-likeness (QED) is 0.575. The number of halogens is 3. The van der Waals surface area contributed by atoms with Gasteiger partial charge in [-0.3, -0.25) is 9.69 Å². The molecule has 10 heteroatoms. The van der Waals surface area contributed by atoms with Crippen LogP contribution in [0, 0.1) is 5.41 Å². The maximum Gasteiger partial charge on any atom is 0.418 e. The summed E-state index contributed by atoms with van der Waals surface area (Å²) in [5.74, 6) is -1.39. The van der Waals surface area contributed by atoms with E-state index in [2.05, 4.69) is 0 Å². The topological polar surface area (TPSA) is 91.1 Å². The fourth-order valence-electron chi connectivity index (χ4n) is 5.33. The molecule has 7 nitrogen and oxygen atoms in total. The van der Waals surface area contributed by atoms with Crippen LogP contribution in [0.25, 0.3) is 0 Å². The largest absolute Gasteiger partial charge is 0.466 e. The van der Waals surface area contributed by atoms with E-state index >= 15 is 0 Å². The number of nitrogens with two attached hydrogens (primary N) is 1. The fourth-order valence-corrected chi connectivity index (χ4v) is 5.33. The number of esters is 1. The van der Waals surface area contributed by atoms with Crippen molar-refractivity contribution in [1.29, 1.82) is 0 Å². The summed E-state index contributed by atoms with van der Waals surface area (Å²) in [6.07, 6.45) is -4.29. The third-order valence-corrected chi connectivity index (χ3v) is 6.85. The van der Waals surface area contributed by atoms with Crippen LogP contribution in [0.5, 0.6) is 11.5 Å². The van der Waals surface area contributed by atoms with Gasteiger partial charge in [0.15, 0.2) is 17.3 Å². The Kier molecular flexibility index (Phi) is 5.73. The molecule has 3 aliphatic rings. The second kappa shape index (κ2) is 8.57. The van der Waals surface area contributed by atoms with Crippen molar-refractivity contribution in [2.75, 3.05) is 18.8 Å². The van der Waals surface area contributed by atoms with Crippen LogP contribution in [0.3, 0.4) is 0 Å². The van der Waals surface area contributed by atoms with Gasteiger partial charge >= 0.3 is 12.1 Å². The van der Waals surface area contributed by atoms with Gasteiger partial charge in [-0.2, -0.15) is 13.2 Å². The average Bonchev–Trinajstić information content (AvgIpc) is 3.29. The zero-order valence-electron chi connectivity index (χ0n) is 20.4. The number of fused-ring (bicyclic) bond motifs is 1. The summed E-state index contributed by atoms with van der Waals surface area (Å²) in [7, 11) is 1.16. The van der Waals surface area contributed by atoms with Gasteiger partial charge in [0, 0.05) is 17.7 Å². The standard InChI is InChI=1S/C27H25F3N2O5/c1-26(2)11-17-22(18(33)12-26)21(14-8-9-19-20(10-14)37-13-36-19)23(25(34)35-3)24(31)32(17)16-7-5-4-6-15(16)27(28,29)30/h4-10,21H,11-13,31H2,1-3H3/t21-/m0/s1. The van der Waals surface area contributed by atoms with Crippen LogP contribution in [0.1, 0.15) is 43.7 Å². The lowest BCUT2D eigenvalue weighted by Gasteiger charge is -2.44. The number of anilines is 1. The van der Waals surface area contributed by atoms with Crippen molar-refractivity contribution in [3.8, 4) is 11.5 Å². The number of alkyl halides is 3. The van der Waals surface area contributed by atoms with E-state index in [9.17, 15) is 22.8 Å². The Morgan fingerprint density at radius 2 is 1.81 bits per heavy atom. The Bertz CT molecular complexity index is 1380. The number of hydrogen-bond acceptors (Lipinski definition) is 7. The first-order chi connectivity index (χ1) is 17.4. The first kappa shape index (κ1) is 24.7. The van der Waals surface area contributed by atoms with Gasteiger partial charge in [0.05, 0.1) is 29.9 Å². The molecule has 2 aliphatic heterocycles. The van der Waals surface area contributed by atoms with Crippen LogP contribution < -0.4 is 20.1 Å². The number of methoxy groups -OCH3 is 1. The third kappa shape index (κ3) is 4.10. The molecule has 1 atom stereocenters. The van der Waals surface area contributed by atoms with Crippen LogP contribution in [-0.4, -0.2) is 25.7 Å². The Morgan fingerprint density at radius 3 is 2.51 bits per heavy atom. The van der Waals surface area contributed by atoms with Crippen molar-refractivity contribution >= 4 is 17.4 Å². The van der Waals surface area contributed by atoms with Crippen molar-refractivity contribution in [2.24, 2.45) is 11.1 Å². The van der Waals surface area contributed by atoms with Gasteiger partial charge in [-0.1, -0.05) is 32.0 Å². The molecule has 0 radical (unpaired) electrons. The molecule has 0 saturated carbocycles. The summed E-state index contributed by atoms with van der Waals surface area (Å²) in [5, 5.41) is 0. The first-order valence-electron chi connectivity index (χ1n) is 11.6. The van der Waals surface area contributed by atoms with Gasteiger partial charge in [-0.15, -0.1) is 0 Å². The third-order valence-electron chi connectivity index (χ3n) is 6.85. The number of para-hydroxylation sites is 1. The molecule has 2 aromatic rings. The number of benzene rings is 2. The van der Waals surface area contributed by atoms with Crippen molar-refractivity contribution in [3.05, 3.63) is 76.3 Å². The molecule has 2 N–H and O–H groups in total. The molecule has 2 heterocycles. The average molecular weight is 515 g/mol. The predicted octanol–water partition coefficient (Wildman–Crippen LogP) is 5.02. The van der Waals surface area contributed by atoms with E-state index < -0.39 is 29.0 Å². The van der Waals surface area contributed by atoms with E-state index in [0.29, 0.717) is 22.8 Å². The molecule has 0 fully saturated rings. The predicted molar refractivity (Wildman–Crippen MR) is 128 cm³/mol. The maximum atomic E-state index is 14.1. The second-order valence-electron chi connectivity index (χ2n) is 9.99. The van der Waals surface area contributed by atoms with E-state index in [1.54, 1.807) is 18.2 Å². The summed E-state index contributed by atoms with van der Waals surface area (Å²) >= 11 is 0. The lowest BCUT2D eigenvalue weighted by Crippen LogP contribution is -2.44. The van der Waals surface area contributed by atoms with Gasteiger partial charge in [0.25, 0.3) is 0 Å². The number of carbonyl (C=O) groups excluding carboxylic acids is 2. The van der Waals surface area contributed by atoms with Crippen LogP contribution in [0.15, 0.2) is 65.1 Å². The Labute approximate surface area is 211 Å². The highest BCUT2D eigenvalue weighted by Gasteiger charge is 2.48. The molecule has 0 aromatic heterocycles. The Balaban J connectivity index is 1.82. The Morgan fingerprint density at radius 1 is 1.11 bits per heavy atom. The molecular formula is C27H25F3N2O5. The van der Waals surface area contributed by atoms with Crippen molar-refractivity contribution in [3.63, 3.8) is 0 Å². The summed E-state index contributed by atoms with van der Waals surface area (Å²) < 4.78 is 58.2. The molecule has 37 heavy (non-hydrogen) atoms. The number of allylic oxidation sites excluding steroid dienone is 2. The lowest BCUT2D eigenvalue weighted by molar-refractivity contribution is -0.137. The van der Waals surface area contributed by atoms with Gasteiger partial charge < -0.3 is 19.9 Å². The van der Waals surface area contributed by atoms with E-state index in [1.807, 2.05) is 13.8 Å². The highest BCUT2D eigenvalue weighted by atomic mass is 19.4.